The van der Waals surface area contributed by atoms with E-state index in [1.54, 1.807) is 0 Å². The fourth-order valence-electron chi connectivity index (χ4n) is 1.36. The van der Waals surface area contributed by atoms with Crippen molar-refractivity contribution in [1.82, 2.24) is 4.90 Å². The summed E-state index contributed by atoms with van der Waals surface area (Å²) in [6.07, 6.45) is 0.251. The molecule has 0 aromatic rings. The second kappa shape index (κ2) is 3.27. The number of likely N-dealkylation sites (tertiary alicyclic amines) is 1. The molecule has 1 aliphatic rings. The first kappa shape index (κ1) is 6.44. The number of rotatable bonds is 0. The highest BCUT2D eigenvalue weighted by molar-refractivity contribution is 4.89. The third-order valence-corrected chi connectivity index (χ3v) is 2.45. The third kappa shape index (κ3) is 2.70. The monoisotopic (exact) mass is 187 g/mol. The van der Waals surface area contributed by atoms with Gasteiger partial charge < -0.3 is 0 Å². The van der Waals surface area contributed by atoms with Gasteiger partial charge in [0.25, 0.3) is 0 Å². The molecule has 0 saturated carbocycles. The largest absolute Gasteiger partial charge is 0.298 e. The van der Waals surface area contributed by atoms with Crippen LogP contribution >= 0.6 is 0 Å². The Labute approximate surface area is 89.1 Å². The van der Waals surface area contributed by atoms with Crippen molar-refractivity contribution in [2.75, 3.05) is 13.0 Å². The molecule has 0 aromatic heterocycles. The van der Waals surface area contributed by atoms with E-state index in [1.165, 1.54) is 4.90 Å². The molecule has 1 aliphatic heterocycles. The van der Waals surface area contributed by atoms with Gasteiger partial charge in [0.15, 0.2) is 0 Å². The molecule has 78 valence electrons. The zero-order valence-corrected chi connectivity index (χ0v) is 9.73. The summed E-state index contributed by atoms with van der Waals surface area (Å²) < 4.78 is 32.9. The molecule has 1 nitrogen and oxygen atoms in total. The fraction of sp³-hybridized carbons (Fsp3) is 1.00. The first-order valence-corrected chi connectivity index (χ1v) is 5.01. The van der Waals surface area contributed by atoms with Gasteiger partial charge in [-0.15, -0.1) is 0 Å². The lowest BCUT2D eigenvalue weighted by Crippen LogP contribution is -2.40. The number of nitrogens with zero attached hydrogens (tertiary/aromatic N) is 1. The van der Waals surface area contributed by atoms with E-state index in [4.69, 9.17) is 5.48 Å². The molecule has 1 atom stereocenters. The van der Waals surface area contributed by atoms with Gasteiger partial charge in [-0.25, -0.2) is 0 Å². The molecule has 1 unspecified atom stereocenters. The van der Waals surface area contributed by atoms with Gasteiger partial charge in [-0.1, -0.05) is 20.8 Å². The Kier molecular flexibility index (Phi) is 1.62. The molecule has 1 rings (SSSR count). The van der Waals surface area contributed by atoms with Crippen molar-refractivity contribution in [2.24, 2.45) is 11.3 Å². The maximum atomic E-state index is 8.32. The summed E-state index contributed by atoms with van der Waals surface area (Å²) in [7, 11) is 0. The van der Waals surface area contributed by atoms with Crippen molar-refractivity contribution < 1.29 is 5.48 Å². The summed E-state index contributed by atoms with van der Waals surface area (Å²) in [5.74, 6) is -0.302. The van der Waals surface area contributed by atoms with E-state index < -0.39 is 18.5 Å². The van der Waals surface area contributed by atoms with Crippen LogP contribution in [0.4, 0.5) is 0 Å². The van der Waals surface area contributed by atoms with Crippen LogP contribution in [0.15, 0.2) is 0 Å². The lowest BCUT2D eigenvalue weighted by atomic mass is 9.80. The molecular formula is C12H25N. The van der Waals surface area contributed by atoms with E-state index >= 15 is 0 Å². The highest BCUT2D eigenvalue weighted by Gasteiger charge is 2.35. The van der Waals surface area contributed by atoms with Gasteiger partial charge in [0, 0.05) is 17.5 Å². The number of hydrogen-bond donors (Lipinski definition) is 0. The summed E-state index contributed by atoms with van der Waals surface area (Å²) in [5, 5.41) is 0. The lowest BCUT2D eigenvalue weighted by Gasteiger charge is -2.33. The van der Waals surface area contributed by atoms with Crippen molar-refractivity contribution >= 4 is 0 Å². The predicted octanol–water partition coefficient (Wildman–Crippen LogP) is 3.15. The molecule has 13 heavy (non-hydrogen) atoms. The van der Waals surface area contributed by atoms with E-state index in [1.807, 2.05) is 41.5 Å². The summed E-state index contributed by atoms with van der Waals surface area (Å²) in [4.78, 5) is 1.41. The van der Waals surface area contributed by atoms with Crippen LogP contribution in [0.2, 0.25) is 0 Å². The lowest BCUT2D eigenvalue weighted by molar-refractivity contribution is 0.148. The van der Waals surface area contributed by atoms with Crippen LogP contribution in [0, 0.1) is 11.3 Å². The Hall–Kier alpha value is -0.0400. The zero-order chi connectivity index (χ0) is 13.9. The SMILES string of the molecule is [2H]C1([2H])CC(C(C)(C)C)C([2H])([2H])N1C(C)(C)C. The van der Waals surface area contributed by atoms with Gasteiger partial charge in [-0.05, 0) is 45.0 Å². The van der Waals surface area contributed by atoms with E-state index in [0.29, 0.717) is 0 Å². The average molecular weight is 187 g/mol. The Bertz CT molecular complexity index is 299. The molecule has 1 heterocycles. The van der Waals surface area contributed by atoms with Gasteiger partial charge in [-0.2, -0.15) is 0 Å². The van der Waals surface area contributed by atoms with Gasteiger partial charge in [0.1, 0.15) is 0 Å². The van der Waals surface area contributed by atoms with E-state index in [2.05, 4.69) is 0 Å². The molecular weight excluding hydrogens is 158 g/mol. The Balaban J connectivity index is 3.24. The fourth-order valence-corrected chi connectivity index (χ4v) is 1.36. The van der Waals surface area contributed by atoms with Crippen molar-refractivity contribution in [1.29, 1.82) is 0 Å². The van der Waals surface area contributed by atoms with Gasteiger partial charge in [0.2, 0.25) is 0 Å². The Morgan fingerprint density at radius 1 is 1.15 bits per heavy atom. The molecule has 1 heteroatoms. The molecule has 0 N–H and O–H groups in total. The highest BCUT2D eigenvalue weighted by atomic mass is 15.2. The topological polar surface area (TPSA) is 3.24 Å². The number of hydrogen-bond acceptors (Lipinski definition) is 1. The first-order valence-electron chi connectivity index (χ1n) is 7.01. The van der Waals surface area contributed by atoms with Crippen molar-refractivity contribution in [3.63, 3.8) is 0 Å². The van der Waals surface area contributed by atoms with Crippen LogP contribution in [0.25, 0.3) is 0 Å². The minimum Gasteiger partial charge on any atom is -0.298 e. The molecule has 0 aromatic carbocycles. The molecule has 0 aliphatic carbocycles. The zero-order valence-electron chi connectivity index (χ0n) is 13.7. The Morgan fingerprint density at radius 3 is 1.92 bits per heavy atom. The van der Waals surface area contributed by atoms with Crippen LogP contribution in [-0.4, -0.2) is 23.4 Å². The summed E-state index contributed by atoms with van der Waals surface area (Å²) in [6.45, 7) is 8.36. The summed E-state index contributed by atoms with van der Waals surface area (Å²) in [5.41, 5.74) is -0.760. The third-order valence-electron chi connectivity index (χ3n) is 2.45. The second-order valence-electron chi connectivity index (χ2n) is 5.92. The van der Waals surface area contributed by atoms with Crippen molar-refractivity contribution in [3.05, 3.63) is 0 Å². The van der Waals surface area contributed by atoms with E-state index in [0.717, 1.165) is 0 Å². The molecule has 0 spiro atoms. The standard InChI is InChI=1S/C12H25N/c1-11(2,3)10-7-8-13(9-10)12(4,5)6/h10H,7-9H2,1-6H3/i8D2,9D2. The van der Waals surface area contributed by atoms with Gasteiger partial charge >= 0.3 is 0 Å². The smallest absolute Gasteiger partial charge is 0.0434 e. The Morgan fingerprint density at radius 2 is 1.69 bits per heavy atom. The van der Waals surface area contributed by atoms with E-state index in [9.17, 15) is 0 Å². The summed E-state index contributed by atoms with van der Waals surface area (Å²) >= 11 is 0. The molecule has 1 saturated heterocycles. The second-order valence-corrected chi connectivity index (χ2v) is 5.92. The average Bonchev–Trinajstić information content (AvgIpc) is 2.12. The van der Waals surface area contributed by atoms with Crippen LogP contribution in [-0.2, 0) is 0 Å². The van der Waals surface area contributed by atoms with Gasteiger partial charge in [0.05, 0.1) is 0 Å². The van der Waals surface area contributed by atoms with Gasteiger partial charge in [-0.3, -0.25) is 4.90 Å². The first-order chi connectivity index (χ1) is 7.21. The van der Waals surface area contributed by atoms with Crippen LogP contribution in [0.5, 0.6) is 0 Å². The van der Waals surface area contributed by atoms with Crippen LogP contribution in [0.3, 0.4) is 0 Å². The summed E-state index contributed by atoms with van der Waals surface area (Å²) in [6, 6.07) is 0. The van der Waals surface area contributed by atoms with Crippen LogP contribution < -0.4 is 0 Å². The minimum absolute atomic E-state index is 0.239. The maximum Gasteiger partial charge on any atom is 0.0434 e. The highest BCUT2D eigenvalue weighted by Crippen LogP contribution is 2.35. The normalized spacial score (nSPS) is 39.1. The quantitative estimate of drug-likeness (QED) is 0.563. The van der Waals surface area contributed by atoms with Crippen molar-refractivity contribution in [3.8, 4) is 0 Å². The molecule has 0 bridgehead atoms. The molecule has 0 radical (unpaired) electrons. The molecule has 0 amide bonds. The van der Waals surface area contributed by atoms with E-state index in [-0.39, 0.29) is 17.8 Å². The van der Waals surface area contributed by atoms with Crippen molar-refractivity contribution in [2.45, 2.75) is 53.5 Å². The van der Waals surface area contributed by atoms with Crippen LogP contribution in [0.1, 0.15) is 53.4 Å². The predicted molar refractivity (Wildman–Crippen MR) is 58.9 cm³/mol. The minimum atomic E-state index is -1.61. The molecule has 1 fully saturated rings. The maximum absolute atomic E-state index is 8.32.